The molecular formula is C12H18FNS. The second kappa shape index (κ2) is 6.13. The van der Waals surface area contributed by atoms with Crippen molar-refractivity contribution < 1.29 is 4.39 Å². The second-order valence-electron chi connectivity index (χ2n) is 3.73. The maximum Gasteiger partial charge on any atom is 0.123 e. The van der Waals surface area contributed by atoms with Gasteiger partial charge < -0.3 is 5.32 Å². The van der Waals surface area contributed by atoms with Crippen molar-refractivity contribution in [1.29, 1.82) is 0 Å². The van der Waals surface area contributed by atoms with E-state index in [2.05, 4.69) is 25.4 Å². The Bertz CT molecular complexity index is 303. The SMILES string of the molecule is CSC(C)CNC(C)c1cccc(F)c1. The van der Waals surface area contributed by atoms with E-state index in [1.807, 2.05) is 17.8 Å². The third-order valence-corrected chi connectivity index (χ3v) is 3.43. The summed E-state index contributed by atoms with van der Waals surface area (Å²) in [6.07, 6.45) is 2.10. The van der Waals surface area contributed by atoms with Crippen LogP contribution in [0.25, 0.3) is 0 Å². The molecule has 0 aliphatic rings. The van der Waals surface area contributed by atoms with Crippen LogP contribution in [0.3, 0.4) is 0 Å². The summed E-state index contributed by atoms with van der Waals surface area (Å²) >= 11 is 1.83. The molecule has 1 aromatic carbocycles. The first-order valence-electron chi connectivity index (χ1n) is 5.15. The predicted octanol–water partition coefficient (Wildman–Crippen LogP) is 3.23. The monoisotopic (exact) mass is 227 g/mol. The Morgan fingerprint density at radius 1 is 1.40 bits per heavy atom. The Morgan fingerprint density at radius 2 is 2.13 bits per heavy atom. The first-order valence-corrected chi connectivity index (χ1v) is 6.44. The Balaban J connectivity index is 2.50. The summed E-state index contributed by atoms with van der Waals surface area (Å²) in [7, 11) is 0. The molecule has 1 N–H and O–H groups in total. The van der Waals surface area contributed by atoms with Gasteiger partial charge in [0.2, 0.25) is 0 Å². The number of thioether (sulfide) groups is 1. The summed E-state index contributed by atoms with van der Waals surface area (Å²) in [5.41, 5.74) is 1.00. The number of benzene rings is 1. The van der Waals surface area contributed by atoms with Gasteiger partial charge >= 0.3 is 0 Å². The van der Waals surface area contributed by atoms with Gasteiger partial charge in [-0.05, 0) is 30.9 Å². The molecule has 0 aromatic heterocycles. The average Bonchev–Trinajstić information content (AvgIpc) is 2.25. The Hall–Kier alpha value is -0.540. The third-order valence-electron chi connectivity index (χ3n) is 2.46. The quantitative estimate of drug-likeness (QED) is 0.829. The summed E-state index contributed by atoms with van der Waals surface area (Å²) in [5.74, 6) is -0.168. The first kappa shape index (κ1) is 12.5. The number of rotatable bonds is 5. The van der Waals surface area contributed by atoms with Crippen LogP contribution in [0.4, 0.5) is 4.39 Å². The van der Waals surface area contributed by atoms with Crippen LogP contribution in [-0.2, 0) is 0 Å². The molecule has 1 nitrogen and oxygen atoms in total. The molecule has 0 saturated carbocycles. The Labute approximate surface area is 95.5 Å². The van der Waals surface area contributed by atoms with Crippen molar-refractivity contribution in [1.82, 2.24) is 5.32 Å². The zero-order valence-electron chi connectivity index (χ0n) is 9.46. The van der Waals surface area contributed by atoms with E-state index in [0.717, 1.165) is 12.1 Å². The largest absolute Gasteiger partial charge is 0.309 e. The fourth-order valence-electron chi connectivity index (χ4n) is 1.32. The second-order valence-corrected chi connectivity index (χ2v) is 5.01. The van der Waals surface area contributed by atoms with E-state index in [-0.39, 0.29) is 11.9 Å². The average molecular weight is 227 g/mol. The van der Waals surface area contributed by atoms with Crippen molar-refractivity contribution in [3.05, 3.63) is 35.6 Å². The summed E-state index contributed by atoms with van der Waals surface area (Å²) in [5, 5.41) is 3.97. The predicted molar refractivity (Wildman–Crippen MR) is 65.8 cm³/mol. The van der Waals surface area contributed by atoms with Crippen molar-refractivity contribution in [2.45, 2.75) is 25.1 Å². The molecule has 3 heteroatoms. The number of nitrogens with one attached hydrogen (secondary N) is 1. The van der Waals surface area contributed by atoms with Crippen LogP contribution >= 0.6 is 11.8 Å². The minimum absolute atomic E-state index is 0.168. The molecule has 0 heterocycles. The van der Waals surface area contributed by atoms with Gasteiger partial charge in [-0.2, -0.15) is 11.8 Å². The molecule has 0 amide bonds. The summed E-state index contributed by atoms with van der Waals surface area (Å²) in [6.45, 7) is 5.18. The fraction of sp³-hybridized carbons (Fsp3) is 0.500. The van der Waals surface area contributed by atoms with E-state index in [9.17, 15) is 4.39 Å². The summed E-state index contributed by atoms with van der Waals surface area (Å²) < 4.78 is 13.0. The number of hydrogen-bond acceptors (Lipinski definition) is 2. The molecule has 1 rings (SSSR count). The Kier molecular flexibility index (Phi) is 5.12. The van der Waals surface area contributed by atoms with E-state index < -0.39 is 0 Å². The van der Waals surface area contributed by atoms with Gasteiger partial charge in [0.15, 0.2) is 0 Å². The lowest BCUT2D eigenvalue weighted by Crippen LogP contribution is -2.25. The van der Waals surface area contributed by atoms with Crippen LogP contribution in [0.5, 0.6) is 0 Å². The van der Waals surface area contributed by atoms with Crippen molar-refractivity contribution in [3.8, 4) is 0 Å². The van der Waals surface area contributed by atoms with E-state index in [0.29, 0.717) is 5.25 Å². The molecular weight excluding hydrogens is 209 g/mol. The van der Waals surface area contributed by atoms with E-state index in [1.54, 1.807) is 12.1 Å². The maximum absolute atomic E-state index is 13.0. The van der Waals surface area contributed by atoms with Crippen molar-refractivity contribution in [2.75, 3.05) is 12.8 Å². The smallest absolute Gasteiger partial charge is 0.123 e. The molecule has 0 bridgehead atoms. The minimum Gasteiger partial charge on any atom is -0.309 e. The molecule has 1 aromatic rings. The van der Waals surface area contributed by atoms with Gasteiger partial charge in [0.25, 0.3) is 0 Å². The Morgan fingerprint density at radius 3 is 2.73 bits per heavy atom. The normalized spacial score (nSPS) is 14.9. The van der Waals surface area contributed by atoms with Crippen molar-refractivity contribution in [3.63, 3.8) is 0 Å². The van der Waals surface area contributed by atoms with Crippen LogP contribution in [0.2, 0.25) is 0 Å². The minimum atomic E-state index is -0.168. The molecule has 0 saturated heterocycles. The van der Waals surface area contributed by atoms with Gasteiger partial charge in [-0.25, -0.2) is 4.39 Å². The molecule has 0 aliphatic carbocycles. The van der Waals surface area contributed by atoms with Gasteiger partial charge in [0.1, 0.15) is 5.82 Å². The van der Waals surface area contributed by atoms with Gasteiger partial charge in [-0.3, -0.25) is 0 Å². The summed E-state index contributed by atoms with van der Waals surface area (Å²) in [6, 6.07) is 6.96. The highest BCUT2D eigenvalue weighted by Crippen LogP contribution is 2.14. The molecule has 0 fully saturated rings. The number of halogens is 1. The zero-order valence-corrected chi connectivity index (χ0v) is 10.3. The van der Waals surface area contributed by atoms with E-state index >= 15 is 0 Å². The van der Waals surface area contributed by atoms with Crippen molar-refractivity contribution in [2.24, 2.45) is 0 Å². The fourth-order valence-corrected chi connectivity index (χ4v) is 1.58. The highest BCUT2D eigenvalue weighted by molar-refractivity contribution is 7.99. The van der Waals surface area contributed by atoms with E-state index in [1.165, 1.54) is 6.07 Å². The van der Waals surface area contributed by atoms with Crippen LogP contribution < -0.4 is 5.32 Å². The molecule has 0 spiro atoms. The molecule has 15 heavy (non-hydrogen) atoms. The third kappa shape index (κ3) is 4.22. The standard InChI is InChI=1S/C12H18FNS/c1-9(15-3)8-14-10(2)11-5-4-6-12(13)7-11/h4-7,9-10,14H,8H2,1-3H3. The van der Waals surface area contributed by atoms with Crippen LogP contribution in [-0.4, -0.2) is 18.1 Å². The lowest BCUT2D eigenvalue weighted by Gasteiger charge is -2.16. The maximum atomic E-state index is 13.0. The topological polar surface area (TPSA) is 12.0 Å². The number of hydrogen-bond donors (Lipinski definition) is 1. The first-order chi connectivity index (χ1) is 7.13. The molecule has 2 unspecified atom stereocenters. The lowest BCUT2D eigenvalue weighted by atomic mass is 10.1. The van der Waals surface area contributed by atoms with Crippen LogP contribution in [0, 0.1) is 5.82 Å². The molecule has 0 aliphatic heterocycles. The highest BCUT2D eigenvalue weighted by atomic mass is 32.2. The zero-order chi connectivity index (χ0) is 11.3. The molecule has 2 atom stereocenters. The van der Waals surface area contributed by atoms with Gasteiger partial charge in [-0.15, -0.1) is 0 Å². The molecule has 0 radical (unpaired) electrons. The summed E-state index contributed by atoms with van der Waals surface area (Å²) in [4.78, 5) is 0. The van der Waals surface area contributed by atoms with Gasteiger partial charge in [0.05, 0.1) is 0 Å². The van der Waals surface area contributed by atoms with Gasteiger partial charge in [0, 0.05) is 17.8 Å². The van der Waals surface area contributed by atoms with Crippen molar-refractivity contribution >= 4 is 11.8 Å². The highest BCUT2D eigenvalue weighted by Gasteiger charge is 2.07. The van der Waals surface area contributed by atoms with Crippen LogP contribution in [0.15, 0.2) is 24.3 Å². The van der Waals surface area contributed by atoms with E-state index in [4.69, 9.17) is 0 Å². The van der Waals surface area contributed by atoms with Gasteiger partial charge in [-0.1, -0.05) is 19.1 Å². The molecule has 84 valence electrons. The lowest BCUT2D eigenvalue weighted by molar-refractivity contribution is 0.566. The van der Waals surface area contributed by atoms with Crippen LogP contribution in [0.1, 0.15) is 25.5 Å².